The maximum Gasteiger partial charge on any atom is 0.511 e. The van der Waals surface area contributed by atoms with E-state index in [2.05, 4.69) is 25.4 Å². The Balaban J connectivity index is -0.000000243. The van der Waals surface area contributed by atoms with Crippen LogP contribution in [0, 0.1) is 0 Å². The Labute approximate surface area is 293 Å². The third-order valence-electron chi connectivity index (χ3n) is 4.77. The summed E-state index contributed by atoms with van der Waals surface area (Å²) in [5.41, 5.74) is -5.19. The van der Waals surface area contributed by atoms with E-state index in [9.17, 15) is 59.7 Å². The van der Waals surface area contributed by atoms with Gasteiger partial charge in [0.05, 0.1) is 16.5 Å². The largest absolute Gasteiger partial charge is 0.511 e. The lowest BCUT2D eigenvalue weighted by molar-refractivity contribution is -0.0445. The van der Waals surface area contributed by atoms with Gasteiger partial charge < -0.3 is 0 Å². The fraction of sp³-hybridized carbons (Fsp3) is 1.00. The van der Waals surface area contributed by atoms with E-state index in [0.29, 0.717) is 19.9 Å². The van der Waals surface area contributed by atoms with Gasteiger partial charge >= 0.3 is 15.5 Å². The summed E-state index contributed by atoms with van der Waals surface area (Å²) in [6, 6.07) is 0. The maximum atomic E-state index is 12.0. The van der Waals surface area contributed by atoms with Crippen LogP contribution in [-0.4, -0.2) is 120 Å². The molecule has 0 bridgehead atoms. The first-order valence-electron chi connectivity index (χ1n) is 12.1. The Morgan fingerprint density at radius 1 is 0.717 bits per heavy atom. The summed E-state index contributed by atoms with van der Waals surface area (Å²) in [5.74, 6) is -0.455. The molecule has 5 N–H and O–H groups in total. The lowest BCUT2D eigenvalue weighted by Crippen LogP contribution is -2.39. The summed E-state index contributed by atoms with van der Waals surface area (Å²) in [4.78, 5) is 0. The summed E-state index contributed by atoms with van der Waals surface area (Å²) in [5, 5.41) is -1.73. The third kappa shape index (κ3) is 23.1. The Morgan fingerprint density at radius 2 is 1.07 bits per heavy atom. The summed E-state index contributed by atoms with van der Waals surface area (Å²) < 4.78 is 159. The maximum absolute atomic E-state index is 12.0. The van der Waals surface area contributed by atoms with E-state index >= 15 is 0 Å². The van der Waals surface area contributed by atoms with Gasteiger partial charge in [0.2, 0.25) is 40.1 Å². The van der Waals surface area contributed by atoms with E-state index < -0.39 is 76.5 Å². The van der Waals surface area contributed by atoms with Crippen molar-refractivity contribution < 1.29 is 59.7 Å². The molecule has 46 heavy (non-hydrogen) atoms. The van der Waals surface area contributed by atoms with Crippen molar-refractivity contribution in [1.82, 2.24) is 23.6 Å². The molecule has 0 aromatic carbocycles. The van der Waals surface area contributed by atoms with Crippen LogP contribution in [0.1, 0.15) is 33.6 Å². The summed E-state index contributed by atoms with van der Waals surface area (Å²) in [6.07, 6.45) is 0.0326. The van der Waals surface area contributed by atoms with Gasteiger partial charge in [-0.2, -0.15) is 13.2 Å². The smallest absolute Gasteiger partial charge is 0.247 e. The standard InChI is InChI=1S/C6H11Cl2NO2S.C4H10BrNO2S.C4H10FNO2S.C2H6ClNO2S.C2H4F3NO2S/c1-9-12(10,11)6-4(7)2-3-5(6)8;1-4(2,5)9(7,8)6-3;1-4(5)3-9(7,8)6-2;1-4-7(5,6)2-3;1-6-9(7,8)2(3,4)5/h4-6,9H,2-3H2,1H3;6H,1-3H3;4,6H,3H2,1-2H3;4H,2H2,1H3;6H,1H3. The van der Waals surface area contributed by atoms with Gasteiger partial charge in [0.25, 0.3) is 0 Å². The van der Waals surface area contributed by atoms with Crippen LogP contribution >= 0.6 is 50.7 Å². The molecule has 1 aliphatic carbocycles. The highest BCUT2D eigenvalue weighted by Crippen LogP contribution is 2.33. The van der Waals surface area contributed by atoms with Gasteiger partial charge in [0, 0.05) is 0 Å². The van der Waals surface area contributed by atoms with Crippen LogP contribution in [0.5, 0.6) is 0 Å². The fourth-order valence-electron chi connectivity index (χ4n) is 2.20. The number of halogens is 8. The minimum Gasteiger partial charge on any atom is -0.247 e. The first-order valence-corrected chi connectivity index (χ1v) is 22.1. The van der Waals surface area contributed by atoms with Crippen LogP contribution in [0.4, 0.5) is 17.6 Å². The van der Waals surface area contributed by atoms with Crippen molar-refractivity contribution in [1.29, 1.82) is 0 Å². The average Bonchev–Trinajstić information content (AvgIpc) is 3.26. The normalized spacial score (nSPS) is 19.9. The monoisotopic (exact) mass is 907 g/mol. The highest BCUT2D eigenvalue weighted by molar-refractivity contribution is 9.11. The molecular weight excluding hydrogens is 869 g/mol. The van der Waals surface area contributed by atoms with Gasteiger partial charge in [0.15, 0.2) is 0 Å². The van der Waals surface area contributed by atoms with E-state index in [1.165, 1.54) is 35.1 Å². The molecule has 0 amide bonds. The molecule has 1 saturated carbocycles. The molecule has 0 spiro atoms. The van der Waals surface area contributed by atoms with E-state index in [-0.39, 0.29) is 16.0 Å². The van der Waals surface area contributed by atoms with Crippen LogP contribution < -0.4 is 23.6 Å². The molecule has 0 aromatic heterocycles. The van der Waals surface area contributed by atoms with E-state index in [1.54, 1.807) is 13.8 Å². The van der Waals surface area contributed by atoms with Gasteiger partial charge in [-0.25, -0.2) is 70.1 Å². The van der Waals surface area contributed by atoms with Crippen LogP contribution in [0.3, 0.4) is 0 Å². The molecule has 15 nitrogen and oxygen atoms in total. The van der Waals surface area contributed by atoms with Crippen LogP contribution in [0.2, 0.25) is 0 Å². The van der Waals surface area contributed by atoms with E-state index in [1.807, 2.05) is 9.44 Å². The Morgan fingerprint density at radius 3 is 1.17 bits per heavy atom. The second-order valence-corrected chi connectivity index (χ2v) is 23.2. The molecule has 0 heterocycles. The highest BCUT2D eigenvalue weighted by Gasteiger charge is 2.44. The molecule has 0 radical (unpaired) electrons. The Bertz CT molecular complexity index is 1350. The summed E-state index contributed by atoms with van der Waals surface area (Å²) in [7, 11) is -12.0. The molecule has 3 unspecified atom stereocenters. The molecule has 3 atom stereocenters. The van der Waals surface area contributed by atoms with E-state index in [4.69, 9.17) is 34.8 Å². The number of hydrogen-bond donors (Lipinski definition) is 5. The van der Waals surface area contributed by atoms with Gasteiger partial charge in [-0.3, -0.25) is 0 Å². The minimum absolute atomic E-state index is 0.357. The number of nitrogens with one attached hydrogen (secondary N) is 5. The summed E-state index contributed by atoms with van der Waals surface area (Å²) >= 11 is 19.6. The molecule has 0 aliphatic heterocycles. The third-order valence-corrected chi connectivity index (χ3v) is 15.5. The number of alkyl halides is 8. The molecule has 28 heteroatoms. The fourth-order valence-corrected chi connectivity index (χ4v) is 7.42. The molecule has 1 rings (SSSR count). The predicted octanol–water partition coefficient (Wildman–Crippen LogP) is 1.26. The van der Waals surface area contributed by atoms with Crippen molar-refractivity contribution in [2.75, 3.05) is 46.2 Å². The molecule has 1 fully saturated rings. The van der Waals surface area contributed by atoms with Crippen molar-refractivity contribution in [3.63, 3.8) is 0 Å². The van der Waals surface area contributed by atoms with Crippen molar-refractivity contribution in [3.8, 4) is 0 Å². The van der Waals surface area contributed by atoms with Gasteiger partial charge in [-0.15, -0.1) is 34.8 Å². The lowest BCUT2D eigenvalue weighted by Gasteiger charge is -2.16. The van der Waals surface area contributed by atoms with Crippen molar-refractivity contribution in [2.45, 2.75) is 65.0 Å². The topological polar surface area (TPSA) is 231 Å². The van der Waals surface area contributed by atoms with Crippen LogP contribution in [0.25, 0.3) is 0 Å². The minimum atomic E-state index is -5.19. The zero-order valence-corrected chi connectivity index (χ0v) is 33.7. The van der Waals surface area contributed by atoms with Crippen molar-refractivity contribution in [3.05, 3.63) is 0 Å². The second-order valence-electron chi connectivity index (χ2n) is 8.74. The number of sulfonamides is 5. The van der Waals surface area contributed by atoms with Gasteiger partial charge in [0.1, 0.15) is 20.3 Å². The average molecular weight is 910 g/mol. The Hall–Kier alpha value is 0.620. The summed E-state index contributed by atoms with van der Waals surface area (Å²) in [6.45, 7) is 4.34. The number of hydrogen-bond acceptors (Lipinski definition) is 10. The lowest BCUT2D eigenvalue weighted by atomic mass is 10.4. The molecule has 284 valence electrons. The Kier molecular flexibility index (Phi) is 26.1. The highest BCUT2D eigenvalue weighted by atomic mass is 79.9. The van der Waals surface area contributed by atoms with Crippen molar-refractivity contribution in [2.24, 2.45) is 0 Å². The SMILES string of the molecule is CNS(=O)(=O)C(C)(C)Br.CNS(=O)(=O)C(F)(F)F.CNS(=O)(=O)C1C(Cl)CCC1Cl.CNS(=O)(=O)CC(C)F.CNS(=O)(=O)CCl. The van der Waals surface area contributed by atoms with Crippen LogP contribution in [-0.2, 0) is 50.1 Å². The predicted molar refractivity (Wildman–Crippen MR) is 177 cm³/mol. The zero-order chi connectivity index (χ0) is 38.2. The second kappa shape index (κ2) is 22.4. The first-order chi connectivity index (χ1) is 20.2. The molecule has 1 aliphatic rings. The van der Waals surface area contributed by atoms with Gasteiger partial charge in [-0.05, 0) is 68.9 Å². The van der Waals surface area contributed by atoms with Gasteiger partial charge in [-0.1, -0.05) is 15.9 Å². The van der Waals surface area contributed by atoms with Crippen LogP contribution in [0.15, 0.2) is 0 Å². The molecular formula is C18H41BrCl3F4N5O10S5. The first kappa shape index (κ1) is 53.4. The molecule has 0 aromatic rings. The number of rotatable bonds is 10. The van der Waals surface area contributed by atoms with E-state index in [0.717, 1.165) is 4.72 Å². The molecule has 0 saturated heterocycles. The van der Waals surface area contributed by atoms with Crippen molar-refractivity contribution >= 4 is 101 Å². The quantitative estimate of drug-likeness (QED) is 0.156. The zero-order valence-electron chi connectivity index (χ0n) is 25.8.